The van der Waals surface area contributed by atoms with Gasteiger partial charge in [-0.1, -0.05) is 47.6 Å². The van der Waals surface area contributed by atoms with E-state index in [9.17, 15) is 4.79 Å². The van der Waals surface area contributed by atoms with Gasteiger partial charge in [0.05, 0.1) is 16.7 Å². The monoisotopic (exact) mass is 451 g/mol. The van der Waals surface area contributed by atoms with Crippen molar-refractivity contribution in [2.75, 3.05) is 11.1 Å². The number of thioether (sulfide) groups is 1. The van der Waals surface area contributed by atoms with Crippen molar-refractivity contribution in [1.29, 1.82) is 0 Å². The van der Waals surface area contributed by atoms with Crippen LogP contribution in [0.3, 0.4) is 0 Å². The number of hydrogen-bond acceptors (Lipinski definition) is 8. The molecule has 4 aromatic rings. The van der Waals surface area contributed by atoms with Gasteiger partial charge in [-0.05, 0) is 30.3 Å². The molecule has 0 radical (unpaired) electrons. The second-order valence-electron chi connectivity index (χ2n) is 6.47. The molecule has 0 bridgehead atoms. The van der Waals surface area contributed by atoms with Gasteiger partial charge in [0.15, 0.2) is 5.16 Å². The zero-order valence-electron chi connectivity index (χ0n) is 16.3. The summed E-state index contributed by atoms with van der Waals surface area (Å²) in [6.45, 7) is 4.06. The predicted molar refractivity (Wildman–Crippen MR) is 125 cm³/mol. The van der Waals surface area contributed by atoms with Crippen LogP contribution in [0, 0.1) is 0 Å². The normalized spacial score (nSPS) is 10.9. The van der Waals surface area contributed by atoms with Crippen LogP contribution in [-0.2, 0) is 12.3 Å². The number of hydrogen-bond donors (Lipinski definition) is 2. The Morgan fingerprint density at radius 1 is 1.13 bits per heavy atom. The molecule has 31 heavy (non-hydrogen) atoms. The first-order valence-corrected chi connectivity index (χ1v) is 10.7. The van der Waals surface area contributed by atoms with E-state index in [1.807, 2.05) is 30.3 Å². The fourth-order valence-corrected chi connectivity index (χ4v) is 3.94. The number of nitrogen functional groups attached to an aromatic ring is 1. The lowest BCUT2D eigenvalue weighted by atomic mass is 10.2. The Kier molecular flexibility index (Phi) is 6.15. The van der Waals surface area contributed by atoms with Crippen molar-refractivity contribution in [3.8, 4) is 0 Å². The van der Waals surface area contributed by atoms with E-state index in [2.05, 4.69) is 31.8 Å². The number of nitrogens with two attached hydrogens (primary N) is 1. The average molecular weight is 452 g/mol. The zero-order valence-corrected chi connectivity index (χ0v) is 17.9. The molecule has 3 N–H and O–H groups in total. The fraction of sp³-hybridized carbons (Fsp3) is 0.0952. The number of para-hydroxylation sites is 1. The van der Waals surface area contributed by atoms with Gasteiger partial charge in [0.2, 0.25) is 11.9 Å². The largest absolute Gasteiger partial charge is 0.368 e. The van der Waals surface area contributed by atoms with Crippen molar-refractivity contribution in [1.82, 2.24) is 24.5 Å². The predicted octanol–water partition coefficient (Wildman–Crippen LogP) is 4.04. The number of aromatic nitrogens is 5. The van der Waals surface area contributed by atoms with E-state index in [-0.39, 0.29) is 11.5 Å². The van der Waals surface area contributed by atoms with E-state index in [0.717, 1.165) is 5.69 Å². The third-order valence-corrected chi connectivity index (χ3v) is 5.46. The summed E-state index contributed by atoms with van der Waals surface area (Å²) in [5, 5.41) is 4.62. The van der Waals surface area contributed by atoms with Crippen LogP contribution < -0.4 is 16.6 Å². The maximum atomic E-state index is 12.9. The zero-order chi connectivity index (χ0) is 21.8. The molecule has 2 aromatic carbocycles. The molecular formula is C21H18ClN7OS. The van der Waals surface area contributed by atoms with E-state index < -0.39 is 0 Å². The van der Waals surface area contributed by atoms with Crippen molar-refractivity contribution in [3.05, 3.63) is 82.4 Å². The summed E-state index contributed by atoms with van der Waals surface area (Å²) in [7, 11) is 0. The highest BCUT2D eigenvalue weighted by Gasteiger charge is 2.13. The highest BCUT2D eigenvalue weighted by Crippen LogP contribution is 2.23. The van der Waals surface area contributed by atoms with Crippen molar-refractivity contribution in [2.24, 2.45) is 0 Å². The molecule has 0 atom stereocenters. The summed E-state index contributed by atoms with van der Waals surface area (Å²) >= 11 is 7.40. The molecule has 4 rings (SSSR count). The molecule has 0 aliphatic rings. The molecule has 2 aromatic heterocycles. The standard InChI is InChI=1S/C21H18ClN7OS/c1-2-10-29-18(30)15-9-8-13(22)11-16(15)25-21(29)31-12-17-26-19(23)28-20(27-17)24-14-6-4-3-5-7-14/h2-9,11H,1,10,12H2,(H3,23,24,26,27,28). The Morgan fingerprint density at radius 2 is 1.94 bits per heavy atom. The molecule has 0 aliphatic carbocycles. The van der Waals surface area contributed by atoms with E-state index >= 15 is 0 Å². The maximum Gasteiger partial charge on any atom is 0.262 e. The van der Waals surface area contributed by atoms with Gasteiger partial charge in [0.1, 0.15) is 5.82 Å². The molecule has 10 heteroatoms. The van der Waals surface area contributed by atoms with E-state index in [0.29, 0.717) is 45.2 Å². The van der Waals surface area contributed by atoms with Crippen molar-refractivity contribution >= 4 is 51.8 Å². The van der Waals surface area contributed by atoms with Gasteiger partial charge in [0, 0.05) is 17.3 Å². The minimum Gasteiger partial charge on any atom is -0.368 e. The molecule has 0 unspecified atom stereocenters. The average Bonchev–Trinajstić information content (AvgIpc) is 2.75. The second-order valence-corrected chi connectivity index (χ2v) is 7.85. The number of nitrogens with zero attached hydrogens (tertiary/aromatic N) is 5. The van der Waals surface area contributed by atoms with Crippen LogP contribution in [0.25, 0.3) is 10.9 Å². The number of halogens is 1. The van der Waals surface area contributed by atoms with Gasteiger partial charge in [-0.2, -0.15) is 15.0 Å². The Hall–Kier alpha value is -3.43. The lowest BCUT2D eigenvalue weighted by Crippen LogP contribution is -2.22. The minimum atomic E-state index is -0.161. The number of allylic oxidation sites excluding steroid dienone is 1. The highest BCUT2D eigenvalue weighted by atomic mass is 35.5. The van der Waals surface area contributed by atoms with Gasteiger partial charge in [-0.3, -0.25) is 9.36 Å². The number of anilines is 3. The lowest BCUT2D eigenvalue weighted by Gasteiger charge is -2.12. The van der Waals surface area contributed by atoms with Crippen LogP contribution in [0.2, 0.25) is 5.02 Å². The molecule has 0 fully saturated rings. The van der Waals surface area contributed by atoms with Gasteiger partial charge in [0.25, 0.3) is 5.56 Å². The number of nitrogens with one attached hydrogen (secondary N) is 1. The molecule has 0 amide bonds. The molecule has 8 nitrogen and oxygen atoms in total. The summed E-state index contributed by atoms with van der Waals surface area (Å²) in [6.07, 6.45) is 1.65. The van der Waals surface area contributed by atoms with Crippen LogP contribution >= 0.6 is 23.4 Å². The van der Waals surface area contributed by atoms with Crippen LogP contribution in [-0.4, -0.2) is 24.5 Å². The van der Waals surface area contributed by atoms with Crippen LogP contribution in [0.15, 0.2) is 71.1 Å². The SMILES string of the molecule is C=CCn1c(SCc2nc(N)nc(Nc3ccccc3)n2)nc2cc(Cl)ccc2c1=O. The second kappa shape index (κ2) is 9.15. The van der Waals surface area contributed by atoms with Gasteiger partial charge in [-0.15, -0.1) is 6.58 Å². The van der Waals surface area contributed by atoms with Crippen LogP contribution in [0.5, 0.6) is 0 Å². The third kappa shape index (κ3) is 4.84. The summed E-state index contributed by atoms with van der Waals surface area (Å²) in [4.78, 5) is 30.3. The molecule has 0 saturated carbocycles. The van der Waals surface area contributed by atoms with Crippen molar-refractivity contribution < 1.29 is 0 Å². The first-order chi connectivity index (χ1) is 15.0. The van der Waals surface area contributed by atoms with Gasteiger partial charge in [-0.25, -0.2) is 4.98 Å². The maximum absolute atomic E-state index is 12.9. The Labute approximate surface area is 187 Å². The molecule has 0 saturated heterocycles. The topological polar surface area (TPSA) is 112 Å². The van der Waals surface area contributed by atoms with Gasteiger partial charge >= 0.3 is 0 Å². The van der Waals surface area contributed by atoms with Crippen LogP contribution in [0.1, 0.15) is 5.82 Å². The number of benzene rings is 2. The Balaban J connectivity index is 1.63. The Bertz CT molecular complexity index is 1310. The summed E-state index contributed by atoms with van der Waals surface area (Å²) in [5.41, 5.74) is 7.07. The van der Waals surface area contributed by atoms with Crippen molar-refractivity contribution in [3.63, 3.8) is 0 Å². The summed E-state index contributed by atoms with van der Waals surface area (Å²) in [5.74, 6) is 1.24. The third-order valence-electron chi connectivity index (χ3n) is 4.25. The Morgan fingerprint density at radius 3 is 2.71 bits per heavy atom. The van der Waals surface area contributed by atoms with Crippen LogP contribution in [0.4, 0.5) is 17.6 Å². The highest BCUT2D eigenvalue weighted by molar-refractivity contribution is 7.98. The molecule has 156 valence electrons. The number of fused-ring (bicyclic) bond motifs is 1. The summed E-state index contributed by atoms with van der Waals surface area (Å²) in [6, 6.07) is 14.5. The van der Waals surface area contributed by atoms with Crippen molar-refractivity contribution in [2.45, 2.75) is 17.5 Å². The fourth-order valence-electron chi connectivity index (χ4n) is 2.91. The van der Waals surface area contributed by atoms with E-state index in [1.165, 1.54) is 11.8 Å². The minimum absolute atomic E-state index is 0.103. The molecular weight excluding hydrogens is 434 g/mol. The quantitative estimate of drug-likeness (QED) is 0.246. The van der Waals surface area contributed by atoms with E-state index in [4.69, 9.17) is 17.3 Å². The van der Waals surface area contributed by atoms with Gasteiger partial charge < -0.3 is 11.1 Å². The molecule has 0 aliphatic heterocycles. The molecule has 2 heterocycles. The lowest BCUT2D eigenvalue weighted by molar-refractivity contribution is 0.671. The molecule has 0 spiro atoms. The first-order valence-electron chi connectivity index (χ1n) is 9.30. The first kappa shape index (κ1) is 20.8. The van der Waals surface area contributed by atoms with E-state index in [1.54, 1.807) is 28.8 Å². The number of rotatable bonds is 7. The smallest absolute Gasteiger partial charge is 0.262 e. The summed E-state index contributed by atoms with van der Waals surface area (Å²) < 4.78 is 1.56.